The molecule has 1 fully saturated rings. The summed E-state index contributed by atoms with van der Waals surface area (Å²) in [6, 6.07) is 0. The van der Waals surface area contributed by atoms with Gasteiger partial charge in [-0.15, -0.1) is 6.58 Å². The van der Waals surface area contributed by atoms with Crippen LogP contribution in [0.4, 0.5) is 0 Å². The first-order valence-corrected chi connectivity index (χ1v) is 4.09. The van der Waals surface area contributed by atoms with Crippen LogP contribution in [0, 0.1) is 0 Å². The van der Waals surface area contributed by atoms with Gasteiger partial charge >= 0.3 is 5.97 Å². The van der Waals surface area contributed by atoms with Crippen LogP contribution < -0.4 is 0 Å². The van der Waals surface area contributed by atoms with Crippen molar-refractivity contribution in [2.45, 2.75) is 37.9 Å². The number of carbonyl (C=O) groups is 1. The highest BCUT2D eigenvalue weighted by atomic mass is 16.6. The molecule has 0 amide bonds. The van der Waals surface area contributed by atoms with Crippen molar-refractivity contribution in [1.82, 2.24) is 0 Å². The maximum absolute atomic E-state index is 10.8. The van der Waals surface area contributed by atoms with Gasteiger partial charge in [0.05, 0.1) is 6.42 Å². The first-order valence-electron chi connectivity index (χ1n) is 4.09. The van der Waals surface area contributed by atoms with Crippen LogP contribution in [-0.2, 0) is 9.53 Å². The van der Waals surface area contributed by atoms with Gasteiger partial charge in [-0.3, -0.25) is 4.79 Å². The molecule has 3 heteroatoms. The van der Waals surface area contributed by atoms with Crippen LogP contribution in [0.25, 0.3) is 0 Å². The lowest BCUT2D eigenvalue weighted by atomic mass is 9.94. The second-order valence-electron chi connectivity index (χ2n) is 3.33. The van der Waals surface area contributed by atoms with Gasteiger partial charge in [-0.1, -0.05) is 6.08 Å². The molecule has 0 saturated carbocycles. The van der Waals surface area contributed by atoms with Crippen molar-refractivity contribution in [3.8, 4) is 0 Å². The summed E-state index contributed by atoms with van der Waals surface area (Å²) in [5, 5.41) is 9.47. The quantitative estimate of drug-likeness (QED) is 0.508. The molecule has 1 saturated heterocycles. The van der Waals surface area contributed by atoms with E-state index in [9.17, 15) is 9.90 Å². The fourth-order valence-corrected chi connectivity index (χ4v) is 1.35. The number of aliphatic hydroxyl groups excluding tert-OH is 1. The van der Waals surface area contributed by atoms with E-state index < -0.39 is 11.7 Å². The lowest BCUT2D eigenvalue weighted by Crippen LogP contribution is -2.35. The minimum Gasteiger partial charge on any atom is -0.456 e. The van der Waals surface area contributed by atoms with E-state index in [4.69, 9.17) is 4.74 Å². The Labute approximate surface area is 72.0 Å². The summed E-state index contributed by atoms with van der Waals surface area (Å²) in [7, 11) is 0. The maximum atomic E-state index is 10.8. The van der Waals surface area contributed by atoms with Crippen molar-refractivity contribution < 1.29 is 14.6 Å². The Bertz CT molecular complexity index is 200. The highest BCUT2D eigenvalue weighted by Gasteiger charge is 2.43. The SMILES string of the molecule is C=CCC[C@]1(C)OC(=O)C[C@H]1O. The molecule has 3 nitrogen and oxygen atoms in total. The number of hydrogen-bond donors (Lipinski definition) is 1. The third-order valence-electron chi connectivity index (χ3n) is 2.26. The van der Waals surface area contributed by atoms with Crippen LogP contribution in [0.5, 0.6) is 0 Å². The summed E-state index contributed by atoms with van der Waals surface area (Å²) < 4.78 is 5.03. The average Bonchev–Trinajstić information content (AvgIpc) is 2.23. The maximum Gasteiger partial charge on any atom is 0.309 e. The topological polar surface area (TPSA) is 46.5 Å². The number of cyclic esters (lactones) is 1. The molecule has 0 unspecified atom stereocenters. The Kier molecular flexibility index (Phi) is 2.52. The molecule has 0 aromatic heterocycles. The predicted molar refractivity (Wildman–Crippen MR) is 44.6 cm³/mol. The van der Waals surface area contributed by atoms with Crippen LogP contribution in [0.3, 0.4) is 0 Å². The first-order chi connectivity index (χ1) is 5.58. The van der Waals surface area contributed by atoms with Crippen molar-refractivity contribution in [1.29, 1.82) is 0 Å². The number of esters is 1. The Morgan fingerprint density at radius 1 is 1.92 bits per heavy atom. The van der Waals surface area contributed by atoms with Crippen LogP contribution in [0.1, 0.15) is 26.2 Å². The lowest BCUT2D eigenvalue weighted by molar-refractivity contribution is -0.149. The monoisotopic (exact) mass is 170 g/mol. The summed E-state index contributed by atoms with van der Waals surface area (Å²) in [5.74, 6) is -0.311. The van der Waals surface area contributed by atoms with Crippen LogP contribution in [-0.4, -0.2) is 22.8 Å². The molecular weight excluding hydrogens is 156 g/mol. The largest absolute Gasteiger partial charge is 0.456 e. The molecule has 0 aromatic carbocycles. The van der Waals surface area contributed by atoms with Crippen LogP contribution in [0.15, 0.2) is 12.7 Å². The smallest absolute Gasteiger partial charge is 0.309 e. The van der Waals surface area contributed by atoms with Gasteiger partial charge < -0.3 is 9.84 Å². The van der Waals surface area contributed by atoms with Crippen molar-refractivity contribution in [3.05, 3.63) is 12.7 Å². The molecule has 1 heterocycles. The molecule has 0 bridgehead atoms. The minimum absolute atomic E-state index is 0.119. The Morgan fingerprint density at radius 3 is 3.00 bits per heavy atom. The number of carbonyl (C=O) groups excluding carboxylic acids is 1. The van der Waals surface area contributed by atoms with Gasteiger partial charge in [0.2, 0.25) is 0 Å². The number of aliphatic hydroxyl groups is 1. The Balaban J connectivity index is 2.57. The zero-order valence-corrected chi connectivity index (χ0v) is 7.25. The molecule has 0 aromatic rings. The van der Waals surface area contributed by atoms with Gasteiger partial charge in [-0.05, 0) is 19.8 Å². The molecule has 0 radical (unpaired) electrons. The van der Waals surface area contributed by atoms with E-state index in [1.54, 1.807) is 13.0 Å². The normalized spacial score (nSPS) is 34.8. The predicted octanol–water partition coefficient (Wildman–Crippen LogP) is 1.02. The summed E-state index contributed by atoms with van der Waals surface area (Å²) in [6.07, 6.45) is 2.60. The zero-order chi connectivity index (χ0) is 9.19. The molecule has 1 rings (SSSR count). The van der Waals surface area contributed by atoms with Crippen LogP contribution >= 0.6 is 0 Å². The van der Waals surface area contributed by atoms with Gasteiger partial charge in [-0.25, -0.2) is 0 Å². The molecular formula is C9H14O3. The summed E-state index contributed by atoms with van der Waals surface area (Å²) in [5.41, 5.74) is -0.689. The molecule has 0 aliphatic carbocycles. The third-order valence-corrected chi connectivity index (χ3v) is 2.26. The number of allylic oxidation sites excluding steroid dienone is 1. The molecule has 12 heavy (non-hydrogen) atoms. The van der Waals surface area contributed by atoms with Gasteiger partial charge in [-0.2, -0.15) is 0 Å². The summed E-state index contributed by atoms with van der Waals surface area (Å²) in [4.78, 5) is 10.8. The first kappa shape index (κ1) is 9.26. The number of rotatable bonds is 3. The van der Waals surface area contributed by atoms with Gasteiger partial charge in [0.1, 0.15) is 11.7 Å². The van der Waals surface area contributed by atoms with E-state index in [-0.39, 0.29) is 12.4 Å². The highest BCUT2D eigenvalue weighted by molar-refractivity contribution is 5.73. The van der Waals surface area contributed by atoms with Gasteiger partial charge in [0.25, 0.3) is 0 Å². The Hall–Kier alpha value is -0.830. The van der Waals surface area contributed by atoms with E-state index in [0.29, 0.717) is 6.42 Å². The van der Waals surface area contributed by atoms with Crippen LogP contribution in [0.2, 0.25) is 0 Å². The summed E-state index contributed by atoms with van der Waals surface area (Å²) >= 11 is 0. The lowest BCUT2D eigenvalue weighted by Gasteiger charge is -2.25. The number of ether oxygens (including phenoxy) is 1. The van der Waals surface area contributed by atoms with E-state index in [0.717, 1.165) is 6.42 Å². The summed E-state index contributed by atoms with van der Waals surface area (Å²) in [6.45, 7) is 5.33. The fourth-order valence-electron chi connectivity index (χ4n) is 1.35. The van der Waals surface area contributed by atoms with Crippen molar-refractivity contribution in [2.75, 3.05) is 0 Å². The van der Waals surface area contributed by atoms with Crippen molar-refractivity contribution >= 4 is 5.97 Å². The van der Waals surface area contributed by atoms with E-state index in [2.05, 4.69) is 6.58 Å². The molecule has 2 atom stereocenters. The second-order valence-corrected chi connectivity index (χ2v) is 3.33. The zero-order valence-electron chi connectivity index (χ0n) is 7.25. The average molecular weight is 170 g/mol. The second kappa shape index (κ2) is 3.27. The molecule has 1 N–H and O–H groups in total. The van der Waals surface area contributed by atoms with Gasteiger partial charge in [0, 0.05) is 0 Å². The fraction of sp³-hybridized carbons (Fsp3) is 0.667. The molecule has 68 valence electrons. The standard InChI is InChI=1S/C9H14O3/c1-3-4-5-9(2)7(10)6-8(11)12-9/h3,7,10H,1,4-6H2,2H3/t7-,9+/m1/s1. The van der Waals surface area contributed by atoms with Crippen molar-refractivity contribution in [3.63, 3.8) is 0 Å². The van der Waals surface area contributed by atoms with E-state index in [1.165, 1.54) is 0 Å². The highest BCUT2D eigenvalue weighted by Crippen LogP contribution is 2.30. The van der Waals surface area contributed by atoms with E-state index in [1.807, 2.05) is 0 Å². The molecule has 1 aliphatic heterocycles. The van der Waals surface area contributed by atoms with E-state index >= 15 is 0 Å². The Morgan fingerprint density at radius 2 is 2.58 bits per heavy atom. The number of hydrogen-bond acceptors (Lipinski definition) is 3. The van der Waals surface area contributed by atoms with Crippen molar-refractivity contribution in [2.24, 2.45) is 0 Å². The third kappa shape index (κ3) is 1.67. The molecule has 1 aliphatic rings. The van der Waals surface area contributed by atoms with Gasteiger partial charge in [0.15, 0.2) is 0 Å². The molecule has 0 spiro atoms. The minimum atomic E-state index is -0.689.